The van der Waals surface area contributed by atoms with Crippen LogP contribution in [0, 0.1) is 0 Å². The summed E-state index contributed by atoms with van der Waals surface area (Å²) in [6, 6.07) is 7.97. The van der Waals surface area contributed by atoms with Crippen LogP contribution in [0.15, 0.2) is 48.3 Å². The molecule has 2 aromatic rings. The maximum absolute atomic E-state index is 13.1. The number of ether oxygens (including phenoxy) is 1. The fourth-order valence-electron chi connectivity index (χ4n) is 2.69. The minimum absolute atomic E-state index is 0.0484. The van der Waals surface area contributed by atoms with Gasteiger partial charge in [0.25, 0.3) is 11.8 Å². The summed E-state index contributed by atoms with van der Waals surface area (Å²) >= 11 is 11.1. The molecule has 3 amide bonds. The Balaban J connectivity index is 1.94. The van der Waals surface area contributed by atoms with Crippen LogP contribution in [0.4, 0.5) is 16.2 Å². The molecule has 0 saturated carbocycles. The Kier molecular flexibility index (Phi) is 6.37. The molecule has 2 heterocycles. The van der Waals surface area contributed by atoms with Gasteiger partial charge in [-0.25, -0.2) is 4.79 Å². The zero-order valence-corrected chi connectivity index (χ0v) is 18.5. The predicted octanol–water partition coefficient (Wildman–Crippen LogP) is 3.91. The van der Waals surface area contributed by atoms with Gasteiger partial charge in [0.05, 0.1) is 11.4 Å². The number of nitrogens with zero attached hydrogens (tertiary/aromatic N) is 2. The lowest BCUT2D eigenvalue weighted by molar-refractivity contribution is -0.122. The summed E-state index contributed by atoms with van der Waals surface area (Å²) < 4.78 is 5.25. The topological polar surface area (TPSA) is 101 Å². The number of pyridine rings is 1. The predicted molar refractivity (Wildman–Crippen MR) is 122 cm³/mol. The Hall–Kier alpha value is -3.30. The quantitative estimate of drug-likeness (QED) is 0.411. The van der Waals surface area contributed by atoms with Gasteiger partial charge in [-0.3, -0.25) is 30.1 Å². The van der Waals surface area contributed by atoms with E-state index in [4.69, 9.17) is 28.6 Å². The first-order valence-electron chi connectivity index (χ1n) is 9.16. The molecule has 10 heteroatoms. The van der Waals surface area contributed by atoms with Crippen LogP contribution in [0.2, 0.25) is 5.02 Å². The number of nitrogens with one attached hydrogen (secondary N) is 2. The van der Waals surface area contributed by atoms with Gasteiger partial charge in [0.1, 0.15) is 11.2 Å². The van der Waals surface area contributed by atoms with Gasteiger partial charge in [-0.15, -0.1) is 0 Å². The Labute approximate surface area is 189 Å². The number of halogens is 1. The fraction of sp³-hybridized carbons (Fsp3) is 0.190. The highest BCUT2D eigenvalue weighted by atomic mass is 35.5. The summed E-state index contributed by atoms with van der Waals surface area (Å²) in [4.78, 5) is 43.0. The Morgan fingerprint density at radius 1 is 1.23 bits per heavy atom. The number of rotatable bonds is 3. The first-order valence-corrected chi connectivity index (χ1v) is 9.95. The molecule has 160 valence electrons. The molecule has 1 aromatic heterocycles. The van der Waals surface area contributed by atoms with Gasteiger partial charge in [0.2, 0.25) is 0 Å². The lowest BCUT2D eigenvalue weighted by Crippen LogP contribution is -2.54. The van der Waals surface area contributed by atoms with Crippen LogP contribution in [0.5, 0.6) is 0 Å². The van der Waals surface area contributed by atoms with E-state index in [1.807, 2.05) is 0 Å². The first-order chi connectivity index (χ1) is 14.5. The highest BCUT2D eigenvalue weighted by molar-refractivity contribution is 7.80. The SMILES string of the molecule is CC(C)(C)OC(=O)Nc1ccncc1/C=C1/C(=O)NC(=S)N(c2ccc(Cl)cc2)C1=O. The van der Waals surface area contributed by atoms with Gasteiger partial charge in [0.15, 0.2) is 5.11 Å². The van der Waals surface area contributed by atoms with Gasteiger partial charge in [0, 0.05) is 23.0 Å². The van der Waals surface area contributed by atoms with Gasteiger partial charge < -0.3 is 4.74 Å². The number of hydrogen-bond acceptors (Lipinski definition) is 6. The third kappa shape index (κ3) is 5.44. The van der Waals surface area contributed by atoms with Crippen molar-refractivity contribution in [3.8, 4) is 0 Å². The molecule has 3 rings (SSSR count). The van der Waals surface area contributed by atoms with Crippen LogP contribution in [-0.4, -0.2) is 33.6 Å². The number of carbonyl (C=O) groups excluding carboxylic acids is 3. The molecular weight excluding hydrogens is 440 g/mol. The maximum atomic E-state index is 13.1. The standard InChI is InChI=1S/C21H19ClN4O4S/c1-21(2,3)30-20(29)24-16-8-9-23-11-12(16)10-15-17(27)25-19(31)26(18(15)28)14-6-4-13(22)5-7-14/h4-11H,1-3H3,(H,23,24,29)(H,25,27,31)/b15-10-. The van der Waals surface area contributed by atoms with Crippen molar-refractivity contribution < 1.29 is 19.1 Å². The number of anilines is 2. The van der Waals surface area contributed by atoms with Crippen LogP contribution >= 0.6 is 23.8 Å². The first kappa shape index (κ1) is 22.4. The summed E-state index contributed by atoms with van der Waals surface area (Å²) in [5.41, 5.74) is 0.246. The highest BCUT2D eigenvalue weighted by Crippen LogP contribution is 2.25. The molecule has 0 unspecified atom stereocenters. The molecule has 0 aliphatic carbocycles. The largest absolute Gasteiger partial charge is 0.444 e. The molecule has 8 nitrogen and oxygen atoms in total. The van der Waals surface area contributed by atoms with Crippen LogP contribution < -0.4 is 15.5 Å². The smallest absolute Gasteiger partial charge is 0.412 e. The molecule has 0 spiro atoms. The van der Waals surface area contributed by atoms with E-state index in [0.717, 1.165) is 0 Å². The van der Waals surface area contributed by atoms with Crippen molar-refractivity contribution in [1.82, 2.24) is 10.3 Å². The Morgan fingerprint density at radius 3 is 2.55 bits per heavy atom. The average Bonchev–Trinajstić information content (AvgIpc) is 2.66. The molecule has 1 fully saturated rings. The summed E-state index contributed by atoms with van der Waals surface area (Å²) in [6.45, 7) is 5.21. The fourth-order valence-corrected chi connectivity index (χ4v) is 3.09. The third-order valence-corrected chi connectivity index (χ3v) is 4.51. The molecule has 1 aliphatic heterocycles. The van der Waals surface area contributed by atoms with Crippen molar-refractivity contribution in [2.45, 2.75) is 26.4 Å². The van der Waals surface area contributed by atoms with Gasteiger partial charge >= 0.3 is 6.09 Å². The second kappa shape index (κ2) is 8.83. The van der Waals surface area contributed by atoms with Crippen LogP contribution in [0.25, 0.3) is 6.08 Å². The van der Waals surface area contributed by atoms with E-state index in [1.54, 1.807) is 45.0 Å². The number of aromatic nitrogens is 1. The zero-order valence-electron chi connectivity index (χ0n) is 16.9. The van der Waals surface area contributed by atoms with Crippen molar-refractivity contribution in [1.29, 1.82) is 0 Å². The Bertz CT molecular complexity index is 1090. The second-order valence-electron chi connectivity index (χ2n) is 7.52. The lowest BCUT2D eigenvalue weighted by atomic mass is 10.1. The van der Waals surface area contributed by atoms with Crippen molar-refractivity contribution >= 4 is 64.3 Å². The number of benzene rings is 1. The van der Waals surface area contributed by atoms with Crippen molar-refractivity contribution in [3.63, 3.8) is 0 Å². The minimum Gasteiger partial charge on any atom is -0.444 e. The van der Waals surface area contributed by atoms with Gasteiger partial charge in [-0.2, -0.15) is 0 Å². The second-order valence-corrected chi connectivity index (χ2v) is 8.35. The van der Waals surface area contributed by atoms with Crippen molar-refractivity contribution in [2.24, 2.45) is 0 Å². The van der Waals surface area contributed by atoms with Gasteiger partial charge in [-0.1, -0.05) is 11.6 Å². The van der Waals surface area contributed by atoms with Crippen molar-refractivity contribution in [3.05, 3.63) is 58.9 Å². The summed E-state index contributed by atoms with van der Waals surface area (Å²) in [7, 11) is 0. The van der Waals surface area contributed by atoms with Crippen LogP contribution in [0.3, 0.4) is 0 Å². The maximum Gasteiger partial charge on any atom is 0.412 e. The molecular formula is C21H19ClN4O4S. The van der Waals surface area contributed by atoms with Crippen molar-refractivity contribution in [2.75, 3.05) is 10.2 Å². The molecule has 2 N–H and O–H groups in total. The Morgan fingerprint density at radius 2 is 1.90 bits per heavy atom. The van der Waals surface area contributed by atoms with E-state index in [1.165, 1.54) is 29.4 Å². The minimum atomic E-state index is -0.691. The molecule has 31 heavy (non-hydrogen) atoms. The molecule has 0 atom stereocenters. The molecule has 0 radical (unpaired) electrons. The normalized spacial score (nSPS) is 15.7. The average molecular weight is 459 g/mol. The molecule has 1 aromatic carbocycles. The molecule has 1 aliphatic rings. The monoisotopic (exact) mass is 458 g/mol. The summed E-state index contributed by atoms with van der Waals surface area (Å²) in [5.74, 6) is -1.28. The number of amides is 3. The summed E-state index contributed by atoms with van der Waals surface area (Å²) in [5, 5.41) is 5.54. The van der Waals surface area contributed by atoms with Gasteiger partial charge in [-0.05, 0) is 69.4 Å². The summed E-state index contributed by atoms with van der Waals surface area (Å²) in [6.07, 6.45) is 3.54. The van der Waals surface area contributed by atoms with Crippen LogP contribution in [-0.2, 0) is 14.3 Å². The highest BCUT2D eigenvalue weighted by Gasteiger charge is 2.34. The van der Waals surface area contributed by atoms with E-state index in [0.29, 0.717) is 22.0 Å². The van der Waals surface area contributed by atoms with E-state index in [2.05, 4.69) is 15.6 Å². The number of hydrogen-bond donors (Lipinski definition) is 2. The van der Waals surface area contributed by atoms with E-state index in [-0.39, 0.29) is 10.7 Å². The molecule has 1 saturated heterocycles. The third-order valence-electron chi connectivity index (χ3n) is 3.97. The number of carbonyl (C=O) groups is 3. The zero-order chi connectivity index (χ0) is 22.8. The number of thiocarbonyl (C=S) groups is 1. The lowest BCUT2D eigenvalue weighted by Gasteiger charge is -2.29. The van der Waals surface area contributed by atoms with Crippen LogP contribution in [0.1, 0.15) is 26.3 Å². The molecule has 0 bridgehead atoms. The van der Waals surface area contributed by atoms with E-state index < -0.39 is 23.5 Å². The van der Waals surface area contributed by atoms with E-state index in [9.17, 15) is 14.4 Å². The van der Waals surface area contributed by atoms with E-state index >= 15 is 0 Å².